The second-order valence-electron chi connectivity index (χ2n) is 2.90. The Morgan fingerprint density at radius 2 is 2.15 bits per heavy atom. The molecule has 0 aliphatic rings. The molecule has 0 saturated heterocycles. The lowest BCUT2D eigenvalue weighted by Gasteiger charge is -1.99. The molecule has 0 unspecified atom stereocenters. The summed E-state index contributed by atoms with van der Waals surface area (Å²) >= 11 is 0. The quantitative estimate of drug-likeness (QED) is 0.725. The van der Waals surface area contributed by atoms with Gasteiger partial charge in [-0.1, -0.05) is 12.1 Å². The molecule has 0 radical (unpaired) electrons. The van der Waals surface area contributed by atoms with E-state index in [1.165, 1.54) is 6.26 Å². The first-order valence-electron chi connectivity index (χ1n) is 3.90. The zero-order valence-electron chi connectivity index (χ0n) is 7.07. The van der Waals surface area contributed by atoms with E-state index in [0.717, 1.165) is 10.9 Å². The highest BCUT2D eigenvalue weighted by Gasteiger charge is 2.13. The molecule has 2 rings (SSSR count). The zero-order valence-corrected chi connectivity index (χ0v) is 7.07. The van der Waals surface area contributed by atoms with E-state index in [9.17, 15) is 4.79 Å². The van der Waals surface area contributed by atoms with E-state index >= 15 is 0 Å². The summed E-state index contributed by atoms with van der Waals surface area (Å²) in [6.45, 7) is 1.76. The molecule has 0 aliphatic heterocycles. The van der Waals surface area contributed by atoms with Crippen LogP contribution < -0.4 is 0 Å². The van der Waals surface area contributed by atoms with Crippen LogP contribution in [0.1, 0.15) is 15.9 Å². The normalized spacial score (nSPS) is 10.5. The maximum Gasteiger partial charge on any atom is 0.339 e. The molecule has 1 aromatic heterocycles. The number of fused-ring (bicyclic) bond motifs is 1. The fraction of sp³-hybridized carbons (Fsp3) is 0.100. The first-order chi connectivity index (χ1) is 6.20. The lowest BCUT2D eigenvalue weighted by molar-refractivity contribution is 0.0697. The average molecular weight is 176 g/mol. The van der Waals surface area contributed by atoms with E-state index in [-0.39, 0.29) is 5.56 Å². The van der Waals surface area contributed by atoms with E-state index < -0.39 is 5.97 Å². The van der Waals surface area contributed by atoms with Crippen LogP contribution in [-0.2, 0) is 0 Å². The van der Waals surface area contributed by atoms with Crippen LogP contribution in [0.3, 0.4) is 0 Å². The first-order valence-corrected chi connectivity index (χ1v) is 3.90. The average Bonchev–Trinajstić information content (AvgIpc) is 2.50. The van der Waals surface area contributed by atoms with Gasteiger partial charge in [-0.15, -0.1) is 0 Å². The van der Waals surface area contributed by atoms with Crippen molar-refractivity contribution in [2.24, 2.45) is 0 Å². The molecular weight excluding hydrogens is 168 g/mol. The van der Waals surface area contributed by atoms with Crippen LogP contribution in [0.4, 0.5) is 0 Å². The van der Waals surface area contributed by atoms with Gasteiger partial charge in [0.25, 0.3) is 0 Å². The number of carbonyl (C=O) groups is 1. The summed E-state index contributed by atoms with van der Waals surface area (Å²) in [4.78, 5) is 10.9. The molecule has 1 heterocycles. The Balaban J connectivity index is 2.88. The van der Waals surface area contributed by atoms with Gasteiger partial charge >= 0.3 is 5.97 Å². The van der Waals surface area contributed by atoms with Gasteiger partial charge in [-0.2, -0.15) is 0 Å². The molecule has 0 aliphatic carbocycles. The summed E-state index contributed by atoms with van der Waals surface area (Å²) in [5.74, 6) is -0.946. The number of hydrogen-bond acceptors (Lipinski definition) is 2. The molecule has 0 bridgehead atoms. The van der Waals surface area contributed by atoms with Crippen molar-refractivity contribution in [2.75, 3.05) is 0 Å². The van der Waals surface area contributed by atoms with E-state index in [0.29, 0.717) is 5.58 Å². The van der Waals surface area contributed by atoms with Gasteiger partial charge < -0.3 is 9.52 Å². The Bertz CT molecular complexity index is 468. The summed E-state index contributed by atoms with van der Waals surface area (Å²) in [5.41, 5.74) is 1.42. The summed E-state index contributed by atoms with van der Waals surface area (Å²) in [5, 5.41) is 9.74. The Morgan fingerprint density at radius 1 is 1.38 bits per heavy atom. The maximum absolute atomic E-state index is 10.9. The highest BCUT2D eigenvalue weighted by atomic mass is 16.4. The van der Waals surface area contributed by atoms with E-state index in [4.69, 9.17) is 9.52 Å². The number of hydrogen-bond donors (Lipinski definition) is 1. The van der Waals surface area contributed by atoms with Crippen molar-refractivity contribution < 1.29 is 14.3 Å². The smallest absolute Gasteiger partial charge is 0.339 e. The Hall–Kier alpha value is -1.77. The molecule has 0 amide bonds. The van der Waals surface area contributed by atoms with Crippen molar-refractivity contribution in [1.82, 2.24) is 0 Å². The largest absolute Gasteiger partial charge is 0.478 e. The van der Waals surface area contributed by atoms with E-state index in [1.54, 1.807) is 19.1 Å². The van der Waals surface area contributed by atoms with Crippen LogP contribution in [0.15, 0.2) is 28.9 Å². The molecule has 3 nitrogen and oxygen atoms in total. The third-order valence-electron chi connectivity index (χ3n) is 2.04. The SMILES string of the molecule is Cc1ccc2ccoc2c1C(=O)O. The summed E-state index contributed by atoms with van der Waals surface area (Å²) in [7, 11) is 0. The van der Waals surface area contributed by atoms with Gasteiger partial charge in [-0.25, -0.2) is 4.79 Å². The molecule has 0 saturated carbocycles. The van der Waals surface area contributed by atoms with Crippen molar-refractivity contribution in [3.8, 4) is 0 Å². The number of benzene rings is 1. The molecule has 0 fully saturated rings. The van der Waals surface area contributed by atoms with Crippen LogP contribution in [-0.4, -0.2) is 11.1 Å². The van der Waals surface area contributed by atoms with Gasteiger partial charge in [-0.05, 0) is 18.6 Å². The van der Waals surface area contributed by atoms with Gasteiger partial charge in [0.15, 0.2) is 0 Å². The molecule has 13 heavy (non-hydrogen) atoms. The Labute approximate surface area is 74.6 Å². The molecule has 2 aromatic rings. The highest BCUT2D eigenvalue weighted by molar-refractivity contribution is 6.02. The van der Waals surface area contributed by atoms with Crippen molar-refractivity contribution in [3.05, 3.63) is 35.6 Å². The van der Waals surface area contributed by atoms with Gasteiger partial charge in [-0.3, -0.25) is 0 Å². The molecule has 0 spiro atoms. The molecular formula is C10H8O3. The van der Waals surface area contributed by atoms with Crippen molar-refractivity contribution in [2.45, 2.75) is 6.92 Å². The van der Waals surface area contributed by atoms with E-state index in [2.05, 4.69) is 0 Å². The van der Waals surface area contributed by atoms with Crippen molar-refractivity contribution in [3.63, 3.8) is 0 Å². The Kier molecular flexibility index (Phi) is 1.59. The monoisotopic (exact) mass is 176 g/mol. The second-order valence-corrected chi connectivity index (χ2v) is 2.90. The lowest BCUT2D eigenvalue weighted by Crippen LogP contribution is -1.99. The van der Waals surface area contributed by atoms with Crippen LogP contribution in [0.5, 0.6) is 0 Å². The van der Waals surface area contributed by atoms with Crippen LogP contribution in [0.25, 0.3) is 11.0 Å². The van der Waals surface area contributed by atoms with E-state index in [1.807, 2.05) is 6.07 Å². The predicted molar refractivity (Wildman–Crippen MR) is 47.9 cm³/mol. The van der Waals surface area contributed by atoms with Crippen molar-refractivity contribution >= 4 is 16.9 Å². The van der Waals surface area contributed by atoms with Gasteiger partial charge in [0, 0.05) is 5.39 Å². The minimum Gasteiger partial charge on any atom is -0.478 e. The fourth-order valence-electron chi connectivity index (χ4n) is 1.40. The molecule has 0 atom stereocenters. The van der Waals surface area contributed by atoms with Gasteiger partial charge in [0.2, 0.25) is 0 Å². The summed E-state index contributed by atoms with van der Waals surface area (Å²) in [6, 6.07) is 5.38. The number of furan rings is 1. The number of aromatic carboxylic acids is 1. The number of carboxylic acids is 1. The lowest BCUT2D eigenvalue weighted by atomic mass is 10.1. The second kappa shape index (κ2) is 2.62. The fourth-order valence-corrected chi connectivity index (χ4v) is 1.40. The predicted octanol–water partition coefficient (Wildman–Crippen LogP) is 2.44. The molecule has 66 valence electrons. The minimum atomic E-state index is -0.946. The van der Waals surface area contributed by atoms with Gasteiger partial charge in [0.05, 0.1) is 6.26 Å². The zero-order chi connectivity index (χ0) is 9.42. The minimum absolute atomic E-state index is 0.252. The highest BCUT2D eigenvalue weighted by Crippen LogP contribution is 2.22. The van der Waals surface area contributed by atoms with Gasteiger partial charge in [0.1, 0.15) is 11.1 Å². The van der Waals surface area contributed by atoms with Crippen LogP contribution in [0.2, 0.25) is 0 Å². The number of carboxylic acid groups (broad SMARTS) is 1. The summed E-state index contributed by atoms with van der Waals surface area (Å²) < 4.78 is 5.11. The standard InChI is InChI=1S/C10H8O3/c1-6-2-3-7-4-5-13-9(7)8(6)10(11)12/h2-5H,1H3,(H,11,12). The molecule has 1 N–H and O–H groups in total. The first kappa shape index (κ1) is 7.86. The van der Waals surface area contributed by atoms with Crippen LogP contribution in [0, 0.1) is 6.92 Å². The Morgan fingerprint density at radius 3 is 2.85 bits per heavy atom. The third-order valence-corrected chi connectivity index (χ3v) is 2.04. The molecule has 1 aromatic carbocycles. The topological polar surface area (TPSA) is 50.4 Å². The number of aryl methyl sites for hydroxylation is 1. The number of rotatable bonds is 1. The van der Waals surface area contributed by atoms with Crippen molar-refractivity contribution in [1.29, 1.82) is 0 Å². The maximum atomic E-state index is 10.9. The van der Waals surface area contributed by atoms with Crippen LogP contribution >= 0.6 is 0 Å². The summed E-state index contributed by atoms with van der Waals surface area (Å²) in [6.07, 6.45) is 1.50. The molecule has 3 heteroatoms. The third kappa shape index (κ3) is 1.09.